The Bertz CT molecular complexity index is 606. The Morgan fingerprint density at radius 1 is 1.35 bits per heavy atom. The van der Waals surface area contributed by atoms with Gasteiger partial charge in [0, 0.05) is 16.6 Å². The molecule has 3 rings (SSSR count). The Morgan fingerprint density at radius 2 is 2.20 bits per heavy atom. The SMILES string of the molecule is Cc1c(Br)cccc1-n1cncc1C1CCCC(C)N1. The van der Waals surface area contributed by atoms with E-state index in [1.165, 1.54) is 36.2 Å². The molecule has 1 aliphatic heterocycles. The summed E-state index contributed by atoms with van der Waals surface area (Å²) in [6.07, 6.45) is 7.65. The number of nitrogens with one attached hydrogen (secondary N) is 1. The molecule has 1 aliphatic rings. The number of rotatable bonds is 2. The zero-order chi connectivity index (χ0) is 14.1. The second-order valence-electron chi connectivity index (χ2n) is 5.62. The molecule has 20 heavy (non-hydrogen) atoms. The number of halogens is 1. The minimum atomic E-state index is 0.402. The summed E-state index contributed by atoms with van der Waals surface area (Å²) in [6, 6.07) is 7.29. The Labute approximate surface area is 128 Å². The molecule has 2 atom stereocenters. The van der Waals surface area contributed by atoms with Gasteiger partial charge in [0.1, 0.15) is 0 Å². The van der Waals surface area contributed by atoms with Gasteiger partial charge in [0.25, 0.3) is 0 Å². The topological polar surface area (TPSA) is 29.9 Å². The molecule has 3 nitrogen and oxygen atoms in total. The number of hydrogen-bond acceptors (Lipinski definition) is 2. The summed E-state index contributed by atoms with van der Waals surface area (Å²) in [5.41, 5.74) is 3.71. The molecule has 1 aromatic carbocycles. The van der Waals surface area contributed by atoms with Crippen molar-refractivity contribution < 1.29 is 0 Å². The van der Waals surface area contributed by atoms with Gasteiger partial charge in [-0.2, -0.15) is 0 Å². The van der Waals surface area contributed by atoms with Crippen molar-refractivity contribution in [2.24, 2.45) is 0 Å². The fourth-order valence-electron chi connectivity index (χ4n) is 2.99. The van der Waals surface area contributed by atoms with Gasteiger partial charge in [-0.05, 0) is 50.8 Å². The maximum Gasteiger partial charge on any atom is 0.0994 e. The van der Waals surface area contributed by atoms with Gasteiger partial charge < -0.3 is 9.88 Å². The molecule has 4 heteroatoms. The van der Waals surface area contributed by atoms with Gasteiger partial charge >= 0.3 is 0 Å². The number of aromatic nitrogens is 2. The highest BCUT2D eigenvalue weighted by Crippen LogP contribution is 2.29. The summed E-state index contributed by atoms with van der Waals surface area (Å²) in [6.45, 7) is 4.40. The van der Waals surface area contributed by atoms with Crippen molar-refractivity contribution in [3.63, 3.8) is 0 Å². The molecule has 0 bridgehead atoms. The molecule has 106 valence electrons. The van der Waals surface area contributed by atoms with E-state index in [-0.39, 0.29) is 0 Å². The Balaban J connectivity index is 1.99. The fourth-order valence-corrected chi connectivity index (χ4v) is 3.35. The van der Waals surface area contributed by atoms with Gasteiger partial charge in [-0.1, -0.05) is 22.0 Å². The first-order valence-corrected chi connectivity index (χ1v) is 8.00. The van der Waals surface area contributed by atoms with E-state index in [2.05, 4.69) is 62.8 Å². The first kappa shape index (κ1) is 13.8. The van der Waals surface area contributed by atoms with E-state index in [0.29, 0.717) is 12.1 Å². The van der Waals surface area contributed by atoms with E-state index in [9.17, 15) is 0 Å². The molecular formula is C16H20BrN3. The van der Waals surface area contributed by atoms with Crippen molar-refractivity contribution in [3.8, 4) is 5.69 Å². The van der Waals surface area contributed by atoms with E-state index in [1.807, 2.05) is 12.5 Å². The van der Waals surface area contributed by atoms with Crippen LogP contribution in [0.4, 0.5) is 0 Å². The molecule has 2 heterocycles. The number of imidazole rings is 1. The standard InChI is InChI=1S/C16H20BrN3/c1-11-5-3-7-14(19-11)16-9-18-10-20(16)15-8-4-6-13(17)12(15)2/h4,6,8-11,14,19H,3,5,7H2,1-2H3. The number of hydrogen-bond donors (Lipinski definition) is 1. The van der Waals surface area contributed by atoms with Gasteiger partial charge in [0.05, 0.1) is 23.9 Å². The van der Waals surface area contributed by atoms with E-state index in [0.717, 1.165) is 4.47 Å². The summed E-state index contributed by atoms with van der Waals surface area (Å²) in [4.78, 5) is 4.38. The van der Waals surface area contributed by atoms with Crippen LogP contribution in [-0.4, -0.2) is 15.6 Å². The molecular weight excluding hydrogens is 314 g/mol. The zero-order valence-corrected chi connectivity index (χ0v) is 13.5. The van der Waals surface area contributed by atoms with Crippen molar-refractivity contribution in [2.45, 2.75) is 45.2 Å². The van der Waals surface area contributed by atoms with E-state index in [1.54, 1.807) is 0 Å². The normalized spacial score (nSPS) is 22.9. The number of benzene rings is 1. The fraction of sp³-hybridized carbons (Fsp3) is 0.438. The summed E-state index contributed by atoms with van der Waals surface area (Å²) in [7, 11) is 0. The molecule has 1 saturated heterocycles. The monoisotopic (exact) mass is 333 g/mol. The first-order chi connectivity index (χ1) is 9.66. The van der Waals surface area contributed by atoms with Crippen molar-refractivity contribution in [1.82, 2.24) is 14.9 Å². The lowest BCUT2D eigenvalue weighted by atomic mass is 9.97. The maximum atomic E-state index is 4.38. The highest BCUT2D eigenvalue weighted by molar-refractivity contribution is 9.10. The highest BCUT2D eigenvalue weighted by atomic mass is 79.9. The minimum absolute atomic E-state index is 0.402. The van der Waals surface area contributed by atoms with Crippen LogP contribution in [0.25, 0.3) is 5.69 Å². The van der Waals surface area contributed by atoms with Crippen molar-refractivity contribution in [1.29, 1.82) is 0 Å². The predicted octanol–water partition coefficient (Wildman–Crippen LogP) is 4.15. The third-order valence-corrected chi connectivity index (χ3v) is 5.00. The molecule has 0 amide bonds. The minimum Gasteiger partial charge on any atom is -0.306 e. The average molecular weight is 334 g/mol. The van der Waals surface area contributed by atoms with Crippen molar-refractivity contribution >= 4 is 15.9 Å². The first-order valence-electron chi connectivity index (χ1n) is 7.20. The molecule has 1 fully saturated rings. The smallest absolute Gasteiger partial charge is 0.0994 e. The third-order valence-electron chi connectivity index (χ3n) is 4.14. The van der Waals surface area contributed by atoms with Crippen LogP contribution in [-0.2, 0) is 0 Å². The quantitative estimate of drug-likeness (QED) is 0.894. The van der Waals surface area contributed by atoms with Gasteiger partial charge in [0.15, 0.2) is 0 Å². The number of piperidine rings is 1. The van der Waals surface area contributed by atoms with E-state index in [4.69, 9.17) is 0 Å². The number of nitrogens with zero attached hydrogens (tertiary/aromatic N) is 2. The van der Waals surface area contributed by atoms with E-state index < -0.39 is 0 Å². The largest absolute Gasteiger partial charge is 0.306 e. The summed E-state index contributed by atoms with van der Waals surface area (Å²) < 4.78 is 3.36. The van der Waals surface area contributed by atoms with Crippen molar-refractivity contribution in [2.75, 3.05) is 0 Å². The lowest BCUT2D eigenvalue weighted by Gasteiger charge is -2.29. The van der Waals surface area contributed by atoms with Crippen LogP contribution < -0.4 is 5.32 Å². The zero-order valence-electron chi connectivity index (χ0n) is 11.9. The van der Waals surface area contributed by atoms with Crippen LogP contribution in [0.1, 0.15) is 43.5 Å². The van der Waals surface area contributed by atoms with Crippen LogP contribution in [0.2, 0.25) is 0 Å². The van der Waals surface area contributed by atoms with Gasteiger partial charge in [-0.15, -0.1) is 0 Å². The van der Waals surface area contributed by atoms with Gasteiger partial charge in [0.2, 0.25) is 0 Å². The predicted molar refractivity (Wildman–Crippen MR) is 85.2 cm³/mol. The third kappa shape index (κ3) is 2.54. The molecule has 0 radical (unpaired) electrons. The van der Waals surface area contributed by atoms with Crippen LogP contribution >= 0.6 is 15.9 Å². The van der Waals surface area contributed by atoms with Crippen molar-refractivity contribution in [3.05, 3.63) is 46.5 Å². The molecule has 0 spiro atoms. The molecule has 2 aromatic rings. The van der Waals surface area contributed by atoms with Crippen LogP contribution in [0.5, 0.6) is 0 Å². The van der Waals surface area contributed by atoms with Gasteiger partial charge in [-0.25, -0.2) is 4.98 Å². The summed E-state index contributed by atoms with van der Waals surface area (Å²) in [5.74, 6) is 0. The van der Waals surface area contributed by atoms with Gasteiger partial charge in [-0.3, -0.25) is 0 Å². The lowest BCUT2D eigenvalue weighted by Crippen LogP contribution is -2.35. The maximum absolute atomic E-state index is 4.38. The lowest BCUT2D eigenvalue weighted by molar-refractivity contribution is 0.334. The molecule has 0 aliphatic carbocycles. The molecule has 0 saturated carbocycles. The van der Waals surface area contributed by atoms with Crippen LogP contribution in [0.15, 0.2) is 35.2 Å². The highest BCUT2D eigenvalue weighted by Gasteiger charge is 2.23. The molecule has 2 unspecified atom stereocenters. The van der Waals surface area contributed by atoms with Crippen LogP contribution in [0, 0.1) is 6.92 Å². The van der Waals surface area contributed by atoms with Crippen LogP contribution in [0.3, 0.4) is 0 Å². The average Bonchev–Trinajstić information content (AvgIpc) is 2.91. The Morgan fingerprint density at radius 3 is 3.00 bits per heavy atom. The summed E-state index contributed by atoms with van der Waals surface area (Å²) in [5, 5.41) is 3.69. The molecule has 1 aromatic heterocycles. The second-order valence-corrected chi connectivity index (χ2v) is 6.48. The Kier molecular flexibility index (Phi) is 3.94. The molecule has 1 N–H and O–H groups in total. The summed E-state index contributed by atoms with van der Waals surface area (Å²) >= 11 is 3.61. The second kappa shape index (κ2) is 5.70. The Hall–Kier alpha value is -1.13. The van der Waals surface area contributed by atoms with E-state index >= 15 is 0 Å².